The van der Waals surface area contributed by atoms with Gasteiger partial charge in [0.25, 0.3) is 5.91 Å². The molecule has 0 bridgehead atoms. The minimum Gasteiger partial charge on any atom is -0.336 e. The second-order valence-electron chi connectivity index (χ2n) is 7.29. The number of hydrogen-bond acceptors (Lipinski definition) is 4. The molecular formula is C23H23N5O. The number of para-hydroxylation sites is 2. The summed E-state index contributed by atoms with van der Waals surface area (Å²) in [7, 11) is 1.78. The Labute approximate surface area is 169 Å². The Morgan fingerprint density at radius 3 is 2.45 bits per heavy atom. The van der Waals surface area contributed by atoms with Crippen molar-refractivity contribution in [2.45, 2.75) is 26.9 Å². The summed E-state index contributed by atoms with van der Waals surface area (Å²) in [6, 6.07) is 17.5. The minimum atomic E-state index is -0.0439. The molecule has 0 N–H and O–H groups in total. The summed E-state index contributed by atoms with van der Waals surface area (Å²) in [5, 5.41) is 4.49. The fourth-order valence-electron chi connectivity index (χ4n) is 3.37. The maximum Gasteiger partial charge on any atom is 0.253 e. The highest BCUT2D eigenvalue weighted by atomic mass is 16.2. The summed E-state index contributed by atoms with van der Waals surface area (Å²) < 4.78 is 1.97. The summed E-state index contributed by atoms with van der Waals surface area (Å²) in [6.07, 6.45) is 1.73. The van der Waals surface area contributed by atoms with E-state index in [0.29, 0.717) is 18.7 Å². The number of amides is 1. The van der Waals surface area contributed by atoms with Gasteiger partial charge < -0.3 is 4.90 Å². The van der Waals surface area contributed by atoms with Crippen LogP contribution in [0.4, 0.5) is 0 Å². The second kappa shape index (κ2) is 7.83. The van der Waals surface area contributed by atoms with Gasteiger partial charge in [-0.2, -0.15) is 5.10 Å². The Kier molecular flexibility index (Phi) is 5.08. The third kappa shape index (κ3) is 4.16. The molecule has 0 saturated heterocycles. The molecule has 6 nitrogen and oxygen atoms in total. The van der Waals surface area contributed by atoms with Crippen molar-refractivity contribution < 1.29 is 4.79 Å². The van der Waals surface area contributed by atoms with E-state index in [4.69, 9.17) is 0 Å². The number of fused-ring (bicyclic) bond motifs is 1. The van der Waals surface area contributed by atoms with Crippen molar-refractivity contribution in [2.75, 3.05) is 7.05 Å². The molecule has 29 heavy (non-hydrogen) atoms. The van der Waals surface area contributed by atoms with Gasteiger partial charge in [-0.15, -0.1) is 0 Å². The molecule has 0 spiro atoms. The zero-order valence-corrected chi connectivity index (χ0v) is 16.8. The van der Waals surface area contributed by atoms with Gasteiger partial charge in [0, 0.05) is 18.3 Å². The van der Waals surface area contributed by atoms with Crippen molar-refractivity contribution >= 4 is 16.9 Å². The van der Waals surface area contributed by atoms with Crippen molar-refractivity contribution in [1.82, 2.24) is 24.6 Å². The summed E-state index contributed by atoms with van der Waals surface area (Å²) in [5.41, 5.74) is 6.34. The summed E-state index contributed by atoms with van der Waals surface area (Å²) in [5.74, 6) is -0.0439. The van der Waals surface area contributed by atoms with E-state index in [2.05, 4.69) is 21.1 Å². The van der Waals surface area contributed by atoms with Gasteiger partial charge in [-0.3, -0.25) is 14.5 Å². The van der Waals surface area contributed by atoms with Crippen molar-refractivity contribution in [3.8, 4) is 0 Å². The summed E-state index contributed by atoms with van der Waals surface area (Å²) >= 11 is 0. The molecule has 0 aliphatic carbocycles. The third-order valence-corrected chi connectivity index (χ3v) is 4.88. The maximum absolute atomic E-state index is 12.8. The van der Waals surface area contributed by atoms with Gasteiger partial charge in [-0.1, -0.05) is 24.3 Å². The highest BCUT2D eigenvalue weighted by Gasteiger charge is 2.13. The molecule has 4 rings (SSSR count). The lowest BCUT2D eigenvalue weighted by atomic mass is 10.1. The fourth-order valence-corrected chi connectivity index (χ4v) is 3.37. The molecule has 0 fully saturated rings. The van der Waals surface area contributed by atoms with E-state index in [1.54, 1.807) is 18.1 Å². The smallest absolute Gasteiger partial charge is 0.253 e. The van der Waals surface area contributed by atoms with Crippen molar-refractivity contribution in [3.05, 3.63) is 89.0 Å². The van der Waals surface area contributed by atoms with Crippen LogP contribution in [0.25, 0.3) is 11.0 Å². The molecule has 1 amide bonds. The van der Waals surface area contributed by atoms with Crippen LogP contribution in [0.3, 0.4) is 0 Å². The zero-order valence-electron chi connectivity index (χ0n) is 16.8. The molecular weight excluding hydrogens is 362 g/mol. The Balaban J connectivity index is 1.44. The number of nitrogens with zero attached hydrogens (tertiary/aromatic N) is 5. The quantitative estimate of drug-likeness (QED) is 0.525. The number of rotatable bonds is 5. The van der Waals surface area contributed by atoms with Crippen LogP contribution in [0.15, 0.2) is 60.8 Å². The minimum absolute atomic E-state index is 0.0439. The van der Waals surface area contributed by atoms with Crippen LogP contribution in [-0.2, 0) is 13.1 Å². The molecule has 0 saturated carbocycles. The average molecular weight is 385 g/mol. The average Bonchev–Trinajstić information content (AvgIpc) is 3.04. The molecule has 0 atom stereocenters. The molecule has 2 aromatic heterocycles. The van der Waals surface area contributed by atoms with Crippen molar-refractivity contribution in [3.63, 3.8) is 0 Å². The van der Waals surface area contributed by atoms with Gasteiger partial charge >= 0.3 is 0 Å². The largest absolute Gasteiger partial charge is 0.336 e. The highest BCUT2D eigenvalue weighted by molar-refractivity contribution is 5.94. The van der Waals surface area contributed by atoms with Crippen LogP contribution in [0, 0.1) is 13.8 Å². The number of carbonyl (C=O) groups excluding carboxylic acids is 1. The molecule has 0 unspecified atom stereocenters. The summed E-state index contributed by atoms with van der Waals surface area (Å²) in [6.45, 7) is 5.13. The van der Waals surface area contributed by atoms with Gasteiger partial charge in [-0.05, 0) is 49.7 Å². The van der Waals surface area contributed by atoms with Gasteiger partial charge in [-0.25, -0.2) is 4.98 Å². The van der Waals surface area contributed by atoms with Gasteiger partial charge in [0.2, 0.25) is 0 Å². The van der Waals surface area contributed by atoms with Crippen LogP contribution >= 0.6 is 0 Å². The van der Waals surface area contributed by atoms with E-state index < -0.39 is 0 Å². The predicted octanol–water partition coefficient (Wildman–Crippen LogP) is 3.76. The van der Waals surface area contributed by atoms with E-state index in [9.17, 15) is 4.79 Å². The first-order valence-electron chi connectivity index (χ1n) is 9.56. The lowest BCUT2D eigenvalue weighted by Crippen LogP contribution is -2.26. The van der Waals surface area contributed by atoms with Crippen LogP contribution in [0.5, 0.6) is 0 Å². The third-order valence-electron chi connectivity index (χ3n) is 4.88. The molecule has 146 valence electrons. The topological polar surface area (TPSA) is 63.9 Å². The highest BCUT2D eigenvalue weighted by Crippen LogP contribution is 2.13. The fraction of sp³-hybridized carbons (Fsp3) is 0.217. The van der Waals surface area contributed by atoms with Crippen LogP contribution in [-0.4, -0.2) is 37.6 Å². The van der Waals surface area contributed by atoms with E-state index in [1.165, 1.54) is 0 Å². The Hall–Kier alpha value is -3.54. The number of carbonyl (C=O) groups is 1. The lowest BCUT2D eigenvalue weighted by Gasteiger charge is -2.17. The van der Waals surface area contributed by atoms with Crippen LogP contribution in [0.1, 0.15) is 33.0 Å². The van der Waals surface area contributed by atoms with Gasteiger partial charge in [0.1, 0.15) is 0 Å². The number of benzene rings is 2. The van der Waals surface area contributed by atoms with Gasteiger partial charge in [0.15, 0.2) is 0 Å². The SMILES string of the molecule is Cc1cc(C)n(Cc2ccc(C(=O)N(C)Cc3cnc4ccccc4n3)cc2)n1. The monoisotopic (exact) mass is 385 g/mol. The molecule has 2 heterocycles. The number of aromatic nitrogens is 4. The Morgan fingerprint density at radius 2 is 1.76 bits per heavy atom. The summed E-state index contributed by atoms with van der Waals surface area (Å²) in [4.78, 5) is 23.5. The number of hydrogen-bond donors (Lipinski definition) is 0. The van der Waals surface area contributed by atoms with E-state index in [1.807, 2.05) is 67.1 Å². The molecule has 0 radical (unpaired) electrons. The Bertz CT molecular complexity index is 1160. The van der Waals surface area contributed by atoms with Gasteiger partial charge in [0.05, 0.1) is 41.7 Å². The first-order valence-corrected chi connectivity index (χ1v) is 9.56. The first-order chi connectivity index (χ1) is 14.0. The van der Waals surface area contributed by atoms with Crippen LogP contribution in [0.2, 0.25) is 0 Å². The number of aryl methyl sites for hydroxylation is 2. The van der Waals surface area contributed by atoms with E-state index in [-0.39, 0.29) is 5.91 Å². The molecule has 0 aliphatic heterocycles. The maximum atomic E-state index is 12.8. The molecule has 6 heteroatoms. The normalized spacial score (nSPS) is 11.0. The standard InChI is InChI=1S/C23H23N5O/c1-16-12-17(2)28(26-16)14-18-8-10-19(11-9-18)23(29)27(3)15-20-13-24-21-6-4-5-7-22(21)25-20/h4-13H,14-15H2,1-3H3. The second-order valence-corrected chi connectivity index (χ2v) is 7.29. The lowest BCUT2D eigenvalue weighted by molar-refractivity contribution is 0.0783. The van der Waals surface area contributed by atoms with E-state index >= 15 is 0 Å². The Morgan fingerprint density at radius 1 is 1.03 bits per heavy atom. The molecule has 0 aliphatic rings. The van der Waals surface area contributed by atoms with Crippen molar-refractivity contribution in [2.24, 2.45) is 0 Å². The van der Waals surface area contributed by atoms with E-state index in [0.717, 1.165) is 33.7 Å². The van der Waals surface area contributed by atoms with Crippen LogP contribution < -0.4 is 0 Å². The predicted molar refractivity (Wildman–Crippen MR) is 113 cm³/mol. The first kappa shape index (κ1) is 18.8. The zero-order chi connectivity index (χ0) is 20.4. The molecule has 4 aromatic rings. The van der Waals surface area contributed by atoms with Crippen molar-refractivity contribution in [1.29, 1.82) is 0 Å². The molecule has 2 aromatic carbocycles.